The summed E-state index contributed by atoms with van der Waals surface area (Å²) < 4.78 is 1.43. The van der Waals surface area contributed by atoms with E-state index >= 15 is 0 Å². The van der Waals surface area contributed by atoms with Crippen LogP contribution in [0.3, 0.4) is 0 Å². The van der Waals surface area contributed by atoms with Gasteiger partial charge in [-0.1, -0.05) is 61.8 Å². The van der Waals surface area contributed by atoms with Crippen LogP contribution in [0.1, 0.15) is 40.5 Å². The van der Waals surface area contributed by atoms with Gasteiger partial charge in [0.15, 0.2) is 8.64 Å². The van der Waals surface area contributed by atoms with E-state index in [1.165, 1.54) is 23.5 Å². The third-order valence-corrected chi connectivity index (χ3v) is 4.18. The topological polar surface area (TPSA) is 48.8 Å². The molecule has 0 bridgehead atoms. The van der Waals surface area contributed by atoms with Crippen molar-refractivity contribution >= 4 is 68.0 Å². The smallest absolute Gasteiger partial charge is 0.153 e. The SMILES string of the molecule is CCC(C)=NNC(=S)SC.CCC(C)=NNC(=S)SC.[Cu]. The summed E-state index contributed by atoms with van der Waals surface area (Å²) in [6, 6.07) is 0. The molecule has 0 unspecified atom stereocenters. The van der Waals surface area contributed by atoms with E-state index in [0.29, 0.717) is 8.64 Å². The number of nitrogens with zero attached hydrogens (tertiary/aromatic N) is 2. The number of thiocarbonyl (C=S) groups is 2. The van der Waals surface area contributed by atoms with Crippen LogP contribution < -0.4 is 10.9 Å². The fraction of sp³-hybridized carbons (Fsp3) is 0.667. The van der Waals surface area contributed by atoms with E-state index in [0.717, 1.165) is 24.3 Å². The van der Waals surface area contributed by atoms with Crippen LogP contribution in [0.4, 0.5) is 0 Å². The molecule has 0 fully saturated rings. The predicted octanol–water partition coefficient (Wildman–Crippen LogP) is 4.02. The zero-order valence-corrected chi connectivity index (χ0v) is 17.5. The molecule has 0 heterocycles. The fourth-order valence-corrected chi connectivity index (χ4v) is 0.897. The first-order chi connectivity index (χ1) is 9.40. The molecular formula is C12H24CuN4S4. The first-order valence-electron chi connectivity index (χ1n) is 6.15. The molecule has 0 aromatic carbocycles. The van der Waals surface area contributed by atoms with Crippen LogP contribution in [0.2, 0.25) is 0 Å². The molecule has 0 aromatic rings. The van der Waals surface area contributed by atoms with Crippen molar-refractivity contribution in [1.29, 1.82) is 0 Å². The quantitative estimate of drug-likeness (QED) is 0.313. The summed E-state index contributed by atoms with van der Waals surface area (Å²) in [6.07, 6.45) is 5.77. The molecule has 9 heteroatoms. The third kappa shape index (κ3) is 20.3. The van der Waals surface area contributed by atoms with Crippen molar-refractivity contribution in [3.05, 3.63) is 0 Å². The summed E-state index contributed by atoms with van der Waals surface area (Å²) in [6.45, 7) is 8.05. The molecule has 21 heavy (non-hydrogen) atoms. The van der Waals surface area contributed by atoms with E-state index in [2.05, 4.69) is 34.9 Å². The minimum Gasteiger partial charge on any atom is -0.262 e. The molecule has 0 saturated heterocycles. The minimum atomic E-state index is 0. The zero-order valence-electron chi connectivity index (χ0n) is 13.2. The average molecular weight is 416 g/mol. The van der Waals surface area contributed by atoms with E-state index in [9.17, 15) is 0 Å². The molecule has 0 aromatic heterocycles. The normalized spacial score (nSPS) is 10.8. The molecular weight excluding hydrogens is 392 g/mol. The molecule has 0 rings (SSSR count). The van der Waals surface area contributed by atoms with E-state index in [-0.39, 0.29) is 17.1 Å². The molecule has 127 valence electrons. The Hall–Kier alpha value is 0.339. The molecule has 0 saturated carbocycles. The Morgan fingerprint density at radius 2 is 1.14 bits per heavy atom. The molecule has 0 aliphatic heterocycles. The van der Waals surface area contributed by atoms with Crippen molar-refractivity contribution in [2.45, 2.75) is 40.5 Å². The molecule has 4 nitrogen and oxygen atoms in total. The Morgan fingerprint density at radius 1 is 0.857 bits per heavy atom. The molecule has 0 aliphatic carbocycles. The summed E-state index contributed by atoms with van der Waals surface area (Å²) >= 11 is 12.7. The van der Waals surface area contributed by atoms with Crippen LogP contribution >= 0.6 is 48.0 Å². The Kier molecular flexibility index (Phi) is 23.0. The Labute approximate surface area is 158 Å². The second-order valence-corrected chi connectivity index (χ2v) is 6.57. The number of nitrogens with one attached hydrogen (secondary N) is 2. The van der Waals surface area contributed by atoms with Crippen molar-refractivity contribution < 1.29 is 17.1 Å². The average Bonchev–Trinajstić information content (AvgIpc) is 2.49. The van der Waals surface area contributed by atoms with Gasteiger partial charge < -0.3 is 0 Å². The number of hydrogen-bond acceptors (Lipinski definition) is 6. The van der Waals surface area contributed by atoms with Crippen molar-refractivity contribution in [2.75, 3.05) is 12.5 Å². The summed E-state index contributed by atoms with van der Waals surface area (Å²) in [4.78, 5) is 0. The maximum Gasteiger partial charge on any atom is 0.153 e. The maximum absolute atomic E-state index is 4.87. The fourth-order valence-electron chi connectivity index (χ4n) is 0.532. The van der Waals surface area contributed by atoms with Crippen LogP contribution in [-0.4, -0.2) is 32.6 Å². The van der Waals surface area contributed by atoms with Gasteiger partial charge in [-0.3, -0.25) is 10.9 Å². The Bertz CT molecular complexity index is 325. The minimum absolute atomic E-state index is 0. The summed E-state index contributed by atoms with van der Waals surface area (Å²) in [7, 11) is 0. The molecule has 0 amide bonds. The van der Waals surface area contributed by atoms with E-state index in [4.69, 9.17) is 24.4 Å². The van der Waals surface area contributed by atoms with Gasteiger partial charge in [0.25, 0.3) is 0 Å². The summed E-state index contributed by atoms with van der Waals surface area (Å²) in [5, 5.41) is 8.04. The molecule has 0 spiro atoms. The van der Waals surface area contributed by atoms with Crippen molar-refractivity contribution in [3.63, 3.8) is 0 Å². The van der Waals surface area contributed by atoms with Gasteiger partial charge in [0.05, 0.1) is 0 Å². The van der Waals surface area contributed by atoms with Crippen molar-refractivity contribution in [3.8, 4) is 0 Å². The van der Waals surface area contributed by atoms with Gasteiger partial charge in [0.1, 0.15) is 0 Å². The van der Waals surface area contributed by atoms with Gasteiger partial charge in [0, 0.05) is 28.5 Å². The van der Waals surface area contributed by atoms with Crippen molar-refractivity contribution in [1.82, 2.24) is 10.9 Å². The predicted molar refractivity (Wildman–Crippen MR) is 105 cm³/mol. The third-order valence-electron chi connectivity index (χ3n) is 2.07. The zero-order chi connectivity index (χ0) is 16.0. The summed E-state index contributed by atoms with van der Waals surface area (Å²) in [5.74, 6) is 0. The van der Waals surface area contributed by atoms with Crippen molar-refractivity contribution in [2.24, 2.45) is 10.2 Å². The van der Waals surface area contributed by atoms with Gasteiger partial charge in [-0.05, 0) is 39.2 Å². The second-order valence-electron chi connectivity index (χ2n) is 3.61. The standard InChI is InChI=1S/2C6H12N2S2.Cu/c2*1-4-5(2)7-8-6(9)10-3;/h2*4H2,1-3H3,(H,8,9);. The largest absolute Gasteiger partial charge is 0.262 e. The van der Waals surface area contributed by atoms with Crippen LogP contribution in [0.5, 0.6) is 0 Å². The van der Waals surface area contributed by atoms with Gasteiger partial charge >= 0.3 is 0 Å². The molecule has 1 radical (unpaired) electrons. The first kappa shape index (κ1) is 26.2. The first-order valence-corrected chi connectivity index (χ1v) is 9.41. The Morgan fingerprint density at radius 3 is 1.33 bits per heavy atom. The van der Waals surface area contributed by atoms with Gasteiger partial charge in [-0.25, -0.2) is 0 Å². The van der Waals surface area contributed by atoms with Gasteiger partial charge in [-0.15, -0.1) is 0 Å². The number of hydrazone groups is 2. The van der Waals surface area contributed by atoms with Crippen LogP contribution in [0.15, 0.2) is 10.2 Å². The van der Waals surface area contributed by atoms with Gasteiger partial charge in [-0.2, -0.15) is 10.2 Å². The van der Waals surface area contributed by atoms with E-state index < -0.39 is 0 Å². The Balaban J connectivity index is -0.000000295. The molecule has 0 aliphatic rings. The number of hydrogen-bond donors (Lipinski definition) is 2. The maximum atomic E-state index is 4.87. The number of thioether (sulfide) groups is 2. The van der Waals surface area contributed by atoms with E-state index in [1.54, 1.807) is 0 Å². The second kappa shape index (κ2) is 18.4. The van der Waals surface area contributed by atoms with Crippen LogP contribution in [-0.2, 0) is 17.1 Å². The van der Waals surface area contributed by atoms with E-state index in [1.807, 2.05) is 26.4 Å². The van der Waals surface area contributed by atoms with Gasteiger partial charge in [0.2, 0.25) is 0 Å². The van der Waals surface area contributed by atoms with Crippen LogP contribution in [0, 0.1) is 0 Å². The monoisotopic (exact) mass is 415 g/mol. The number of rotatable bonds is 4. The van der Waals surface area contributed by atoms with Crippen LogP contribution in [0.25, 0.3) is 0 Å². The summed E-state index contributed by atoms with van der Waals surface area (Å²) in [5.41, 5.74) is 7.66. The molecule has 2 N–H and O–H groups in total. The molecule has 0 atom stereocenters.